The standard InChI is InChI=1S/C27H41ClFNO3S/c1-7-10-18(4)13-25(31)30(26(32)14-19(5)11-8-2)23-17-24(21(28)16-22(23)29)34-27(33)15-20(6)12-9-3/h16-20H,7-15H2,1-6H3. The third-order valence-electron chi connectivity index (χ3n) is 5.87. The fourth-order valence-electron chi connectivity index (χ4n) is 4.19. The number of nitrogens with zero attached hydrogens (tertiary/aromatic N) is 1. The van der Waals surface area contributed by atoms with Crippen LogP contribution in [0.5, 0.6) is 0 Å². The minimum atomic E-state index is -0.742. The molecule has 0 aliphatic rings. The fourth-order valence-corrected chi connectivity index (χ4v) is 5.39. The first-order valence-corrected chi connectivity index (χ1v) is 13.8. The maximum Gasteiger partial charge on any atom is 0.234 e. The molecular formula is C27H41ClFNO3S. The van der Waals surface area contributed by atoms with E-state index >= 15 is 4.39 Å². The Morgan fingerprint density at radius 3 is 1.74 bits per heavy atom. The molecule has 0 aliphatic heterocycles. The van der Waals surface area contributed by atoms with Gasteiger partial charge in [-0.15, -0.1) is 0 Å². The number of hydrogen-bond donors (Lipinski definition) is 0. The molecule has 34 heavy (non-hydrogen) atoms. The first-order chi connectivity index (χ1) is 16.0. The van der Waals surface area contributed by atoms with Gasteiger partial charge in [-0.1, -0.05) is 103 Å². The molecule has 1 aromatic carbocycles. The van der Waals surface area contributed by atoms with E-state index in [2.05, 4.69) is 6.92 Å². The summed E-state index contributed by atoms with van der Waals surface area (Å²) in [6.07, 6.45) is 6.15. The summed E-state index contributed by atoms with van der Waals surface area (Å²) in [5.74, 6) is -1.19. The van der Waals surface area contributed by atoms with Crippen LogP contribution in [0, 0.1) is 23.6 Å². The summed E-state index contributed by atoms with van der Waals surface area (Å²) in [4.78, 5) is 40.4. The van der Waals surface area contributed by atoms with E-state index in [9.17, 15) is 14.4 Å². The maximum atomic E-state index is 15.1. The SMILES string of the molecule is CCCC(C)CC(=O)Sc1cc(N(C(=O)CC(C)CCC)C(=O)CC(C)CCC)c(F)cc1Cl. The number of imide groups is 1. The van der Waals surface area contributed by atoms with Crippen LogP contribution in [0.2, 0.25) is 5.02 Å². The van der Waals surface area contributed by atoms with Gasteiger partial charge in [0, 0.05) is 24.2 Å². The number of amides is 2. The molecule has 0 radical (unpaired) electrons. The molecule has 3 atom stereocenters. The summed E-state index contributed by atoms with van der Waals surface area (Å²) < 4.78 is 15.1. The molecule has 0 spiro atoms. The zero-order valence-electron chi connectivity index (χ0n) is 21.6. The second-order valence-electron chi connectivity index (χ2n) is 9.62. The van der Waals surface area contributed by atoms with E-state index < -0.39 is 17.6 Å². The Bertz CT molecular complexity index is 806. The van der Waals surface area contributed by atoms with Crippen LogP contribution in [-0.4, -0.2) is 16.9 Å². The van der Waals surface area contributed by atoms with Gasteiger partial charge in [-0.05, 0) is 29.9 Å². The van der Waals surface area contributed by atoms with Crippen LogP contribution in [0.15, 0.2) is 17.0 Å². The normalized spacial score (nSPS) is 13.9. The van der Waals surface area contributed by atoms with Crippen molar-refractivity contribution < 1.29 is 18.8 Å². The van der Waals surface area contributed by atoms with Gasteiger partial charge in [0.2, 0.25) is 11.8 Å². The molecule has 192 valence electrons. The minimum Gasteiger partial charge on any atom is -0.287 e. The number of halogens is 2. The maximum absolute atomic E-state index is 15.1. The molecule has 1 aromatic rings. The summed E-state index contributed by atoms with van der Waals surface area (Å²) in [6, 6.07) is 2.48. The number of hydrogen-bond acceptors (Lipinski definition) is 4. The summed E-state index contributed by atoms with van der Waals surface area (Å²) in [5.41, 5.74) is -0.122. The molecule has 0 aromatic heterocycles. The van der Waals surface area contributed by atoms with Crippen molar-refractivity contribution in [2.45, 2.75) is 104 Å². The Balaban J connectivity index is 3.30. The molecule has 7 heteroatoms. The van der Waals surface area contributed by atoms with Crippen LogP contribution in [0.3, 0.4) is 0 Å². The monoisotopic (exact) mass is 513 g/mol. The van der Waals surface area contributed by atoms with Crippen LogP contribution < -0.4 is 4.90 Å². The van der Waals surface area contributed by atoms with Gasteiger partial charge in [0.05, 0.1) is 10.7 Å². The predicted octanol–water partition coefficient (Wildman–Crippen LogP) is 8.44. The first kappa shape index (κ1) is 30.6. The topological polar surface area (TPSA) is 54.5 Å². The van der Waals surface area contributed by atoms with Crippen molar-refractivity contribution in [3.8, 4) is 0 Å². The molecule has 0 aliphatic carbocycles. The van der Waals surface area contributed by atoms with Crippen LogP contribution in [0.1, 0.15) is 99.3 Å². The highest BCUT2D eigenvalue weighted by Crippen LogP contribution is 2.36. The van der Waals surface area contributed by atoms with Crippen LogP contribution in [0.4, 0.5) is 10.1 Å². The molecular weight excluding hydrogens is 473 g/mol. The summed E-state index contributed by atoms with van der Waals surface area (Å²) in [7, 11) is 0. The zero-order valence-corrected chi connectivity index (χ0v) is 23.2. The quantitative estimate of drug-likeness (QED) is 0.234. The van der Waals surface area contributed by atoms with Gasteiger partial charge in [0.15, 0.2) is 5.12 Å². The highest BCUT2D eigenvalue weighted by molar-refractivity contribution is 8.13. The summed E-state index contributed by atoms with van der Waals surface area (Å²) >= 11 is 7.20. The average molecular weight is 514 g/mol. The van der Waals surface area contributed by atoms with Crippen molar-refractivity contribution in [3.63, 3.8) is 0 Å². The van der Waals surface area contributed by atoms with Crippen LogP contribution in [0.25, 0.3) is 0 Å². The highest BCUT2D eigenvalue weighted by atomic mass is 35.5. The molecule has 1 rings (SSSR count). The smallest absolute Gasteiger partial charge is 0.234 e. The molecule has 0 heterocycles. The van der Waals surface area contributed by atoms with E-state index in [-0.39, 0.29) is 46.4 Å². The van der Waals surface area contributed by atoms with E-state index in [0.717, 1.165) is 61.3 Å². The molecule has 0 N–H and O–H groups in total. The number of carbonyl (C=O) groups is 3. The lowest BCUT2D eigenvalue weighted by atomic mass is 9.99. The third-order valence-corrected chi connectivity index (χ3v) is 7.25. The Labute approximate surface area is 214 Å². The molecule has 0 saturated heterocycles. The van der Waals surface area contributed by atoms with Crippen molar-refractivity contribution in [2.24, 2.45) is 17.8 Å². The first-order valence-electron chi connectivity index (χ1n) is 12.6. The van der Waals surface area contributed by atoms with Gasteiger partial charge in [0.1, 0.15) is 5.82 Å². The highest BCUT2D eigenvalue weighted by Gasteiger charge is 2.29. The number of benzene rings is 1. The van der Waals surface area contributed by atoms with Gasteiger partial charge in [-0.2, -0.15) is 0 Å². The van der Waals surface area contributed by atoms with Crippen molar-refractivity contribution in [2.75, 3.05) is 4.90 Å². The number of rotatable bonds is 14. The summed E-state index contributed by atoms with van der Waals surface area (Å²) in [6.45, 7) is 12.1. The Morgan fingerprint density at radius 2 is 1.29 bits per heavy atom. The second kappa shape index (κ2) is 15.6. The van der Waals surface area contributed by atoms with E-state index in [0.29, 0.717) is 11.3 Å². The third kappa shape index (κ3) is 10.1. The molecule has 0 bridgehead atoms. The lowest BCUT2D eigenvalue weighted by Gasteiger charge is -2.25. The Hall–Kier alpha value is -1.40. The molecule has 2 amide bonds. The predicted molar refractivity (Wildman–Crippen MR) is 141 cm³/mol. The lowest BCUT2D eigenvalue weighted by molar-refractivity contribution is -0.127. The minimum absolute atomic E-state index is 0.0715. The molecule has 4 nitrogen and oxygen atoms in total. The van der Waals surface area contributed by atoms with E-state index in [1.807, 2.05) is 34.6 Å². The van der Waals surface area contributed by atoms with Gasteiger partial charge >= 0.3 is 0 Å². The van der Waals surface area contributed by atoms with E-state index in [1.54, 1.807) is 0 Å². The Kier molecular flexibility index (Phi) is 14.0. The number of anilines is 1. The van der Waals surface area contributed by atoms with Crippen LogP contribution in [-0.2, 0) is 14.4 Å². The molecule has 3 unspecified atom stereocenters. The molecule has 0 saturated carbocycles. The van der Waals surface area contributed by atoms with Crippen LogP contribution >= 0.6 is 23.4 Å². The van der Waals surface area contributed by atoms with Gasteiger partial charge in [-0.3, -0.25) is 14.4 Å². The van der Waals surface area contributed by atoms with Gasteiger partial charge in [0.25, 0.3) is 0 Å². The zero-order chi connectivity index (χ0) is 25.8. The largest absolute Gasteiger partial charge is 0.287 e. The van der Waals surface area contributed by atoms with Crippen molar-refractivity contribution in [1.82, 2.24) is 0 Å². The van der Waals surface area contributed by atoms with E-state index in [4.69, 9.17) is 11.6 Å². The fraction of sp³-hybridized carbons (Fsp3) is 0.667. The average Bonchev–Trinajstić information content (AvgIpc) is 2.71. The molecule has 0 fully saturated rings. The number of thioether (sulfide) groups is 1. The number of carbonyl (C=O) groups excluding carboxylic acids is 3. The van der Waals surface area contributed by atoms with Crippen molar-refractivity contribution >= 4 is 46.0 Å². The Morgan fingerprint density at radius 1 is 0.853 bits per heavy atom. The second-order valence-corrected chi connectivity index (χ2v) is 11.1. The summed E-state index contributed by atoms with van der Waals surface area (Å²) in [5, 5.41) is 0.0269. The van der Waals surface area contributed by atoms with E-state index in [1.165, 1.54) is 6.07 Å². The van der Waals surface area contributed by atoms with Gasteiger partial charge < -0.3 is 0 Å². The van der Waals surface area contributed by atoms with Crippen molar-refractivity contribution in [1.29, 1.82) is 0 Å². The van der Waals surface area contributed by atoms with Crippen molar-refractivity contribution in [3.05, 3.63) is 23.0 Å². The van der Waals surface area contributed by atoms with Gasteiger partial charge in [-0.25, -0.2) is 9.29 Å². The lowest BCUT2D eigenvalue weighted by Crippen LogP contribution is -2.39.